The first-order valence-corrected chi connectivity index (χ1v) is 16.3. The maximum absolute atomic E-state index is 6.70. The monoisotopic (exact) mass is 588 g/mol. The summed E-state index contributed by atoms with van der Waals surface area (Å²) in [5.41, 5.74) is 13.5. The second kappa shape index (κ2) is 7.81. The van der Waals surface area contributed by atoms with Gasteiger partial charge in [-0.2, -0.15) is 0 Å². The summed E-state index contributed by atoms with van der Waals surface area (Å²) in [5, 5.41) is 7.55. The Kier molecular flexibility index (Phi) is 4.00. The van der Waals surface area contributed by atoms with Crippen LogP contribution in [0.5, 0.6) is 0 Å². The first-order valence-electron chi connectivity index (χ1n) is 15.5. The highest BCUT2D eigenvalue weighted by Gasteiger charge is 2.46. The molecule has 9 aromatic rings. The Bertz CT molecular complexity index is 2830. The van der Waals surface area contributed by atoms with Crippen molar-refractivity contribution in [3.63, 3.8) is 0 Å². The van der Waals surface area contributed by atoms with Crippen LogP contribution < -0.4 is 15.8 Å². The Morgan fingerprint density at radius 2 is 1.36 bits per heavy atom. The minimum absolute atomic E-state index is 0.00540. The third kappa shape index (κ3) is 2.62. The van der Waals surface area contributed by atoms with Gasteiger partial charge in [0, 0.05) is 65.1 Å². The summed E-state index contributed by atoms with van der Waals surface area (Å²) < 4.78 is 9.38. The average molecular weight is 589 g/mol. The summed E-state index contributed by atoms with van der Waals surface area (Å²) >= 11 is 1.88. The van der Waals surface area contributed by atoms with Crippen LogP contribution in [-0.2, 0) is 0 Å². The molecule has 3 nitrogen and oxygen atoms in total. The Morgan fingerprint density at radius 1 is 0.578 bits per heavy atom. The van der Waals surface area contributed by atoms with Crippen LogP contribution in [0.1, 0.15) is 0 Å². The molecule has 206 valence electrons. The lowest BCUT2D eigenvalue weighted by atomic mass is 9.45. The number of hydrogen-bond donors (Lipinski definition) is 0. The molecule has 0 saturated carbocycles. The lowest BCUT2D eigenvalue weighted by Crippen LogP contribution is -2.57. The average Bonchev–Trinajstić information content (AvgIpc) is 3.64. The number of para-hydroxylation sites is 4. The normalized spacial score (nSPS) is 14.0. The second-order valence-corrected chi connectivity index (χ2v) is 13.5. The molecule has 3 aliphatic heterocycles. The van der Waals surface area contributed by atoms with Gasteiger partial charge in [0.05, 0.1) is 11.4 Å². The molecule has 0 bridgehead atoms. The fourth-order valence-corrected chi connectivity index (χ4v) is 9.78. The zero-order valence-electron chi connectivity index (χ0n) is 23.9. The molecule has 0 atom stereocenters. The summed E-state index contributed by atoms with van der Waals surface area (Å²) in [7, 11) is 0. The molecule has 0 unspecified atom stereocenters. The molecule has 2 aromatic heterocycles. The summed E-state index contributed by atoms with van der Waals surface area (Å²) in [6.07, 6.45) is 0. The van der Waals surface area contributed by atoms with Crippen molar-refractivity contribution in [3.8, 4) is 11.1 Å². The van der Waals surface area contributed by atoms with Crippen molar-refractivity contribution in [1.82, 2.24) is 4.48 Å². The van der Waals surface area contributed by atoms with E-state index in [0.29, 0.717) is 0 Å². The van der Waals surface area contributed by atoms with E-state index in [0.717, 1.165) is 11.2 Å². The Morgan fingerprint density at radius 3 is 2.33 bits per heavy atom. The third-order valence-electron chi connectivity index (χ3n) is 10.3. The molecule has 12 rings (SSSR count). The Hall–Kier alpha value is -5.39. The first kappa shape index (κ1) is 23.1. The fraction of sp³-hybridized carbons (Fsp3) is 0. The summed E-state index contributed by atoms with van der Waals surface area (Å²) in [6, 6.07) is 47.0. The van der Waals surface area contributed by atoms with Crippen LogP contribution in [0.15, 0.2) is 142 Å². The predicted molar refractivity (Wildman–Crippen MR) is 189 cm³/mol. The molecular weight excluding hydrogens is 567 g/mol. The summed E-state index contributed by atoms with van der Waals surface area (Å²) in [6.45, 7) is 0.00540. The zero-order valence-corrected chi connectivity index (χ0v) is 24.7. The van der Waals surface area contributed by atoms with E-state index in [2.05, 4.69) is 137 Å². The zero-order chi connectivity index (χ0) is 29.0. The highest BCUT2D eigenvalue weighted by molar-refractivity contribution is 7.99. The van der Waals surface area contributed by atoms with Gasteiger partial charge in [-0.3, -0.25) is 0 Å². The summed E-state index contributed by atoms with van der Waals surface area (Å²) in [4.78, 5) is 5.09. The number of aromatic nitrogens is 1. The van der Waals surface area contributed by atoms with Gasteiger partial charge in [0.15, 0.2) is 0 Å². The largest absolute Gasteiger partial charge is 0.456 e. The van der Waals surface area contributed by atoms with Crippen LogP contribution in [0.4, 0.5) is 17.1 Å². The number of hydrogen-bond acceptors (Lipinski definition) is 3. The molecule has 0 fully saturated rings. The lowest BCUT2D eigenvalue weighted by Gasteiger charge is -2.43. The van der Waals surface area contributed by atoms with Gasteiger partial charge in [0.1, 0.15) is 11.2 Å². The Balaban J connectivity index is 1.37. The molecule has 7 aromatic carbocycles. The van der Waals surface area contributed by atoms with E-state index in [1.807, 2.05) is 11.8 Å². The van der Waals surface area contributed by atoms with Crippen molar-refractivity contribution in [2.45, 2.75) is 9.79 Å². The second-order valence-electron chi connectivity index (χ2n) is 12.4. The van der Waals surface area contributed by atoms with Crippen molar-refractivity contribution < 1.29 is 4.42 Å². The highest BCUT2D eigenvalue weighted by atomic mass is 32.2. The minimum atomic E-state index is 0.00540. The van der Waals surface area contributed by atoms with Crippen LogP contribution in [-0.4, -0.2) is 11.3 Å². The molecule has 0 aliphatic carbocycles. The van der Waals surface area contributed by atoms with Crippen LogP contribution in [0.2, 0.25) is 0 Å². The molecule has 0 N–H and O–H groups in total. The molecule has 3 aliphatic rings. The molecular formula is C40H21BN2OS. The van der Waals surface area contributed by atoms with Crippen LogP contribution in [0, 0.1) is 0 Å². The van der Waals surface area contributed by atoms with E-state index >= 15 is 0 Å². The number of fused-ring (bicyclic) bond motifs is 15. The van der Waals surface area contributed by atoms with E-state index < -0.39 is 0 Å². The molecule has 0 spiro atoms. The van der Waals surface area contributed by atoms with E-state index in [4.69, 9.17) is 4.42 Å². The smallest absolute Gasteiger partial charge is 0.333 e. The number of benzene rings is 7. The number of rotatable bonds is 0. The van der Waals surface area contributed by atoms with Gasteiger partial charge in [-0.1, -0.05) is 109 Å². The maximum atomic E-state index is 6.70. The Labute approximate surface area is 262 Å². The van der Waals surface area contributed by atoms with E-state index in [-0.39, 0.29) is 6.85 Å². The maximum Gasteiger partial charge on any atom is 0.333 e. The quantitative estimate of drug-likeness (QED) is 0.165. The van der Waals surface area contributed by atoms with Crippen molar-refractivity contribution in [1.29, 1.82) is 0 Å². The number of anilines is 3. The van der Waals surface area contributed by atoms with Gasteiger partial charge < -0.3 is 13.8 Å². The molecule has 0 radical (unpaired) electrons. The van der Waals surface area contributed by atoms with Crippen LogP contribution in [0.25, 0.3) is 65.6 Å². The molecule has 0 saturated heterocycles. The van der Waals surface area contributed by atoms with Crippen molar-refractivity contribution >= 4 is 101 Å². The van der Waals surface area contributed by atoms with Gasteiger partial charge in [0.2, 0.25) is 0 Å². The van der Waals surface area contributed by atoms with Crippen LogP contribution >= 0.6 is 11.8 Å². The van der Waals surface area contributed by atoms with Gasteiger partial charge in [-0.25, -0.2) is 0 Å². The van der Waals surface area contributed by atoms with E-state index in [9.17, 15) is 0 Å². The fourth-order valence-electron chi connectivity index (χ4n) is 8.68. The minimum Gasteiger partial charge on any atom is -0.456 e. The van der Waals surface area contributed by atoms with Gasteiger partial charge in [0.25, 0.3) is 0 Å². The van der Waals surface area contributed by atoms with Crippen LogP contribution in [0.3, 0.4) is 0 Å². The first-order chi connectivity index (χ1) is 22.3. The molecule has 45 heavy (non-hydrogen) atoms. The summed E-state index contributed by atoms with van der Waals surface area (Å²) in [5.74, 6) is 0. The lowest BCUT2D eigenvalue weighted by molar-refractivity contribution is 0.669. The number of furan rings is 1. The molecule has 5 heteroatoms. The molecule has 0 amide bonds. The topological polar surface area (TPSA) is 21.3 Å². The van der Waals surface area contributed by atoms with Crippen molar-refractivity contribution in [2.24, 2.45) is 0 Å². The third-order valence-corrected chi connectivity index (χ3v) is 11.4. The number of nitrogens with zero attached hydrogens (tertiary/aromatic N) is 2. The standard InChI is InChI=1S/C40H21BN2OS/c1-2-10-23-22(9-1)19-20-25-24-12-7-13-27-36-35-26-11-3-5-16-31(26)44-32(35)21-30-37(36)41(43(38(23)25)39(24)27)28-14-8-18-34-40(28)42(30)29-15-4-6-17-33(29)45-34/h1-21H. The van der Waals surface area contributed by atoms with Gasteiger partial charge in [-0.15, -0.1) is 0 Å². The molecule has 5 heterocycles. The van der Waals surface area contributed by atoms with Crippen molar-refractivity contribution in [2.75, 3.05) is 4.90 Å². The van der Waals surface area contributed by atoms with E-state index in [1.54, 1.807) is 0 Å². The van der Waals surface area contributed by atoms with E-state index in [1.165, 1.54) is 92.3 Å². The van der Waals surface area contributed by atoms with Gasteiger partial charge in [-0.05, 0) is 46.1 Å². The van der Waals surface area contributed by atoms with Gasteiger partial charge >= 0.3 is 6.85 Å². The SMILES string of the molecule is c1ccc2c(c1)Sc1cccc3c1N2c1cc2oc4ccccc4c2c2c1B3n1c3c-2cccc3c2ccc3ccccc3c21. The highest BCUT2D eigenvalue weighted by Crippen LogP contribution is 2.55. The predicted octanol–water partition coefficient (Wildman–Crippen LogP) is 9.73. The van der Waals surface area contributed by atoms with Crippen molar-refractivity contribution in [3.05, 3.63) is 127 Å².